The molecule has 4 amide bonds. The van der Waals surface area contributed by atoms with E-state index in [0.717, 1.165) is 38.4 Å². The molecule has 2 aromatic carbocycles. The van der Waals surface area contributed by atoms with Crippen molar-refractivity contribution in [2.45, 2.75) is 45.2 Å². The van der Waals surface area contributed by atoms with Crippen LogP contribution in [-0.4, -0.2) is 98.6 Å². The minimum absolute atomic E-state index is 0.169. The molecule has 0 spiro atoms. The molecule has 4 rings (SSSR count). The predicted octanol–water partition coefficient (Wildman–Crippen LogP) is 2.67. The van der Waals surface area contributed by atoms with Crippen LogP contribution in [0.4, 0.5) is 4.79 Å². The average Bonchev–Trinajstić information content (AvgIpc) is 3.43. The number of hydrazone groups is 1. The van der Waals surface area contributed by atoms with Gasteiger partial charge in [0.15, 0.2) is 0 Å². The number of hydrogen-bond acceptors (Lipinski definition) is 7. The molecule has 11 heteroatoms. The number of hydrogen-bond donors (Lipinski definition) is 3. The van der Waals surface area contributed by atoms with Gasteiger partial charge in [-0.2, -0.15) is 5.10 Å². The minimum Gasteiger partial charge on any atom is -0.492 e. The highest BCUT2D eigenvalue weighted by Gasteiger charge is 2.25. The lowest BCUT2D eigenvalue weighted by Gasteiger charge is -2.26. The summed E-state index contributed by atoms with van der Waals surface area (Å²) in [5, 5.41) is 14.4. The summed E-state index contributed by atoms with van der Waals surface area (Å²) in [4.78, 5) is 41.0. The molecule has 0 bridgehead atoms. The van der Waals surface area contributed by atoms with E-state index in [1.165, 1.54) is 5.01 Å². The summed E-state index contributed by atoms with van der Waals surface area (Å²) in [6.45, 7) is 9.70. The molecule has 0 unspecified atom stereocenters. The Kier molecular flexibility index (Phi) is 12.4. The van der Waals surface area contributed by atoms with Gasteiger partial charge in [-0.05, 0) is 55.0 Å². The number of amides is 4. The molecule has 3 N–H and O–H groups in total. The molecule has 2 aliphatic heterocycles. The van der Waals surface area contributed by atoms with Crippen molar-refractivity contribution in [2.75, 3.05) is 52.5 Å². The van der Waals surface area contributed by atoms with Gasteiger partial charge in [-0.3, -0.25) is 14.5 Å². The van der Waals surface area contributed by atoms with Crippen molar-refractivity contribution in [2.24, 2.45) is 11.0 Å². The third-order valence-corrected chi connectivity index (χ3v) is 7.36. The monoisotopic (exact) mass is 592 g/mol. The first-order chi connectivity index (χ1) is 20.9. The summed E-state index contributed by atoms with van der Waals surface area (Å²) in [5.41, 5.74) is 1.58. The van der Waals surface area contributed by atoms with E-state index < -0.39 is 12.1 Å². The highest BCUT2D eigenvalue weighted by Crippen LogP contribution is 2.14. The maximum atomic E-state index is 13.5. The Morgan fingerprint density at radius 3 is 2.47 bits per heavy atom. The largest absolute Gasteiger partial charge is 0.492 e. The fraction of sp³-hybridized carbons (Fsp3) is 0.500. The first-order valence-electron chi connectivity index (χ1n) is 15.1. The molecule has 0 aromatic heterocycles. The van der Waals surface area contributed by atoms with Crippen molar-refractivity contribution in [1.82, 2.24) is 25.9 Å². The molecular formula is C32H44N6O5. The van der Waals surface area contributed by atoms with Crippen LogP contribution in [-0.2, 0) is 16.0 Å². The Morgan fingerprint density at radius 2 is 1.79 bits per heavy atom. The zero-order chi connectivity index (χ0) is 30.4. The molecule has 2 atom stereocenters. The van der Waals surface area contributed by atoms with E-state index in [-0.39, 0.29) is 23.8 Å². The Balaban J connectivity index is 1.35. The Hall–Kier alpha value is -3.96. The van der Waals surface area contributed by atoms with Gasteiger partial charge >= 0.3 is 6.03 Å². The SMILES string of the molecule is CC(C)C[C@H](NC(=O)c1ccc(OCCN2CCOCC2)cc1)C(=O)N[C@H](/C=N/N1CCNC1=O)CCc1ccccc1. The van der Waals surface area contributed by atoms with E-state index in [9.17, 15) is 14.4 Å². The number of nitrogens with zero attached hydrogens (tertiary/aromatic N) is 3. The van der Waals surface area contributed by atoms with Gasteiger partial charge in [-0.15, -0.1) is 0 Å². The molecule has 2 fully saturated rings. The molecule has 2 saturated heterocycles. The van der Waals surface area contributed by atoms with Crippen LogP contribution >= 0.6 is 0 Å². The van der Waals surface area contributed by atoms with E-state index in [1.807, 2.05) is 44.2 Å². The highest BCUT2D eigenvalue weighted by atomic mass is 16.5. The van der Waals surface area contributed by atoms with E-state index >= 15 is 0 Å². The van der Waals surface area contributed by atoms with Crippen LogP contribution in [0, 0.1) is 5.92 Å². The van der Waals surface area contributed by atoms with Crippen molar-refractivity contribution < 1.29 is 23.9 Å². The molecule has 232 valence electrons. The number of morpholine rings is 1. The lowest BCUT2D eigenvalue weighted by molar-refractivity contribution is -0.123. The summed E-state index contributed by atoms with van der Waals surface area (Å²) >= 11 is 0. The van der Waals surface area contributed by atoms with Gasteiger partial charge in [0.05, 0.1) is 25.8 Å². The molecule has 11 nitrogen and oxygen atoms in total. The normalized spacial score (nSPS) is 17.1. The molecule has 0 radical (unpaired) electrons. The summed E-state index contributed by atoms with van der Waals surface area (Å²) in [5.74, 6) is 0.237. The number of aryl methyl sites for hydroxylation is 1. The molecule has 2 aromatic rings. The second kappa shape index (κ2) is 16.6. The van der Waals surface area contributed by atoms with E-state index in [4.69, 9.17) is 9.47 Å². The second-order valence-corrected chi connectivity index (χ2v) is 11.2. The molecule has 2 aliphatic rings. The summed E-state index contributed by atoms with van der Waals surface area (Å²) < 4.78 is 11.2. The van der Waals surface area contributed by atoms with Crippen molar-refractivity contribution in [1.29, 1.82) is 0 Å². The summed E-state index contributed by atoms with van der Waals surface area (Å²) in [6, 6.07) is 15.5. The zero-order valence-corrected chi connectivity index (χ0v) is 25.2. The Bertz CT molecular complexity index is 1200. The quantitative estimate of drug-likeness (QED) is 0.273. The fourth-order valence-corrected chi connectivity index (χ4v) is 4.93. The van der Waals surface area contributed by atoms with E-state index in [2.05, 4.69) is 26.0 Å². The average molecular weight is 593 g/mol. The maximum absolute atomic E-state index is 13.5. The predicted molar refractivity (Wildman–Crippen MR) is 165 cm³/mol. The van der Waals surface area contributed by atoms with Crippen molar-refractivity contribution >= 4 is 24.1 Å². The number of urea groups is 1. The topological polar surface area (TPSA) is 125 Å². The van der Waals surface area contributed by atoms with Crippen LogP contribution in [0.2, 0.25) is 0 Å². The molecular weight excluding hydrogens is 548 g/mol. The van der Waals surface area contributed by atoms with E-state index in [1.54, 1.807) is 30.5 Å². The van der Waals surface area contributed by atoms with Gasteiger partial charge in [0.1, 0.15) is 18.4 Å². The first kappa shape index (κ1) is 32.0. The molecule has 0 aliphatic carbocycles. The van der Waals surface area contributed by atoms with Gasteiger partial charge < -0.3 is 25.4 Å². The number of carbonyl (C=O) groups excluding carboxylic acids is 3. The Morgan fingerprint density at radius 1 is 1.05 bits per heavy atom. The summed E-state index contributed by atoms with van der Waals surface area (Å²) in [6.07, 6.45) is 3.38. The maximum Gasteiger partial charge on any atom is 0.337 e. The van der Waals surface area contributed by atoms with Crippen molar-refractivity contribution in [3.63, 3.8) is 0 Å². The number of nitrogens with one attached hydrogen (secondary N) is 3. The first-order valence-corrected chi connectivity index (χ1v) is 15.1. The van der Waals surface area contributed by atoms with Crippen LogP contribution in [0.1, 0.15) is 42.6 Å². The van der Waals surface area contributed by atoms with Crippen molar-refractivity contribution in [3.8, 4) is 5.75 Å². The highest BCUT2D eigenvalue weighted by molar-refractivity contribution is 5.98. The standard InChI is InChI=1S/C32H44N6O5/c1-24(2)22-29(36-30(39)26-9-12-28(13-10-26)43-21-18-37-16-19-42-20-17-37)31(40)35-27(11-8-25-6-4-3-5-7-25)23-34-38-15-14-33-32(38)41/h3-7,9-10,12-13,23-24,27,29H,8,11,14-22H2,1-2H3,(H,33,41)(H,35,40)(H,36,39)/b34-23+/t27-,29-/m0/s1. The lowest BCUT2D eigenvalue weighted by Crippen LogP contribution is -2.50. The zero-order valence-electron chi connectivity index (χ0n) is 25.2. The lowest BCUT2D eigenvalue weighted by atomic mass is 10.0. The molecule has 2 heterocycles. The van der Waals surface area contributed by atoms with Gasteiger partial charge in [-0.25, -0.2) is 9.80 Å². The van der Waals surface area contributed by atoms with Crippen LogP contribution in [0.25, 0.3) is 0 Å². The molecule has 43 heavy (non-hydrogen) atoms. The number of ether oxygens (including phenoxy) is 2. The van der Waals surface area contributed by atoms with Gasteiger partial charge in [0.25, 0.3) is 5.91 Å². The third kappa shape index (κ3) is 10.7. The second-order valence-electron chi connectivity index (χ2n) is 11.2. The third-order valence-electron chi connectivity index (χ3n) is 7.36. The smallest absolute Gasteiger partial charge is 0.337 e. The van der Waals surface area contributed by atoms with E-state index in [0.29, 0.717) is 50.3 Å². The Labute approximate surface area is 254 Å². The summed E-state index contributed by atoms with van der Waals surface area (Å²) in [7, 11) is 0. The van der Waals surface area contributed by atoms with Crippen LogP contribution in [0.3, 0.4) is 0 Å². The van der Waals surface area contributed by atoms with Gasteiger partial charge in [-0.1, -0.05) is 44.2 Å². The fourth-order valence-electron chi connectivity index (χ4n) is 4.93. The number of carbonyl (C=O) groups is 3. The van der Waals surface area contributed by atoms with Crippen LogP contribution in [0.5, 0.6) is 5.75 Å². The van der Waals surface area contributed by atoms with Gasteiger partial charge in [0, 0.05) is 38.0 Å². The minimum atomic E-state index is -0.736. The van der Waals surface area contributed by atoms with Crippen molar-refractivity contribution in [3.05, 3.63) is 65.7 Å². The number of rotatable bonds is 15. The molecule has 0 saturated carbocycles. The van der Waals surface area contributed by atoms with Crippen LogP contribution in [0.15, 0.2) is 59.7 Å². The number of benzene rings is 2. The van der Waals surface area contributed by atoms with Crippen LogP contribution < -0.4 is 20.7 Å². The van der Waals surface area contributed by atoms with Gasteiger partial charge in [0.2, 0.25) is 5.91 Å².